The predicted molar refractivity (Wildman–Crippen MR) is 80.1 cm³/mol. The lowest BCUT2D eigenvalue weighted by molar-refractivity contribution is -0.140. The zero-order valence-corrected chi connectivity index (χ0v) is 13.1. The number of carbonyl (C=O) groups is 1. The summed E-state index contributed by atoms with van der Waals surface area (Å²) in [5, 5.41) is 2.57. The molecule has 0 aliphatic carbocycles. The van der Waals surface area contributed by atoms with Crippen LogP contribution in [0.3, 0.4) is 0 Å². The number of halogens is 3. The molecule has 2 rings (SSSR count). The van der Waals surface area contributed by atoms with E-state index in [0.717, 1.165) is 6.07 Å². The van der Waals surface area contributed by atoms with Crippen molar-refractivity contribution < 1.29 is 22.7 Å². The SMILES string of the molecule is Cc1nccc(CNC(=O)[C@@H](C)Oc2ccccc2C(F)(F)F)n1. The van der Waals surface area contributed by atoms with Crippen LogP contribution in [0, 0.1) is 6.92 Å². The number of aromatic nitrogens is 2. The van der Waals surface area contributed by atoms with Gasteiger partial charge in [0.1, 0.15) is 11.6 Å². The molecule has 24 heavy (non-hydrogen) atoms. The Morgan fingerprint density at radius 3 is 2.67 bits per heavy atom. The van der Waals surface area contributed by atoms with Gasteiger partial charge in [-0.05, 0) is 32.0 Å². The van der Waals surface area contributed by atoms with Crippen molar-refractivity contribution in [2.24, 2.45) is 0 Å². The Labute approximate surface area is 136 Å². The van der Waals surface area contributed by atoms with E-state index in [2.05, 4.69) is 15.3 Å². The first-order valence-electron chi connectivity index (χ1n) is 7.16. The number of nitrogens with one attached hydrogen (secondary N) is 1. The second kappa shape index (κ2) is 7.29. The minimum Gasteiger partial charge on any atom is -0.480 e. The van der Waals surface area contributed by atoms with Crippen molar-refractivity contribution in [3.63, 3.8) is 0 Å². The van der Waals surface area contributed by atoms with Crippen LogP contribution in [-0.4, -0.2) is 22.0 Å². The Morgan fingerprint density at radius 1 is 1.29 bits per heavy atom. The molecule has 1 N–H and O–H groups in total. The number of carbonyl (C=O) groups excluding carboxylic acids is 1. The fraction of sp³-hybridized carbons (Fsp3) is 0.312. The van der Waals surface area contributed by atoms with Crippen molar-refractivity contribution >= 4 is 5.91 Å². The average Bonchev–Trinajstić information content (AvgIpc) is 2.52. The minimum atomic E-state index is -4.55. The third kappa shape index (κ3) is 4.68. The number of alkyl halides is 3. The molecule has 128 valence electrons. The van der Waals surface area contributed by atoms with Crippen LogP contribution in [0.2, 0.25) is 0 Å². The Balaban J connectivity index is 2.00. The largest absolute Gasteiger partial charge is 0.480 e. The van der Waals surface area contributed by atoms with E-state index in [9.17, 15) is 18.0 Å². The van der Waals surface area contributed by atoms with Crippen LogP contribution >= 0.6 is 0 Å². The number of nitrogens with zero attached hydrogens (tertiary/aromatic N) is 2. The molecule has 8 heteroatoms. The molecule has 0 spiro atoms. The fourth-order valence-corrected chi connectivity index (χ4v) is 1.97. The smallest absolute Gasteiger partial charge is 0.419 e. The van der Waals surface area contributed by atoms with Crippen LogP contribution in [0.5, 0.6) is 5.75 Å². The maximum atomic E-state index is 12.9. The molecule has 0 aliphatic heterocycles. The number of benzene rings is 1. The second-order valence-corrected chi connectivity index (χ2v) is 5.07. The Bertz CT molecular complexity index is 720. The molecule has 0 saturated heterocycles. The lowest BCUT2D eigenvalue weighted by Crippen LogP contribution is -2.36. The molecule has 0 aliphatic rings. The van der Waals surface area contributed by atoms with Crippen LogP contribution in [0.15, 0.2) is 36.5 Å². The highest BCUT2D eigenvalue weighted by molar-refractivity contribution is 5.80. The summed E-state index contributed by atoms with van der Waals surface area (Å²) in [7, 11) is 0. The lowest BCUT2D eigenvalue weighted by atomic mass is 10.2. The topological polar surface area (TPSA) is 64.1 Å². The minimum absolute atomic E-state index is 0.136. The summed E-state index contributed by atoms with van der Waals surface area (Å²) >= 11 is 0. The molecule has 1 atom stereocenters. The van der Waals surface area contributed by atoms with E-state index in [1.165, 1.54) is 25.1 Å². The molecule has 1 heterocycles. The maximum absolute atomic E-state index is 12.9. The molecular weight excluding hydrogens is 323 g/mol. The first kappa shape index (κ1) is 17.7. The van der Waals surface area contributed by atoms with Crippen LogP contribution in [0.25, 0.3) is 0 Å². The van der Waals surface area contributed by atoms with Crippen molar-refractivity contribution in [1.29, 1.82) is 0 Å². The first-order valence-corrected chi connectivity index (χ1v) is 7.16. The van der Waals surface area contributed by atoms with Gasteiger partial charge in [-0.25, -0.2) is 9.97 Å². The van der Waals surface area contributed by atoms with Gasteiger partial charge in [0.2, 0.25) is 0 Å². The van der Waals surface area contributed by atoms with Gasteiger partial charge in [-0.15, -0.1) is 0 Å². The van der Waals surface area contributed by atoms with E-state index in [4.69, 9.17) is 4.74 Å². The van der Waals surface area contributed by atoms with E-state index in [1.807, 2.05) is 0 Å². The fourth-order valence-electron chi connectivity index (χ4n) is 1.97. The summed E-state index contributed by atoms with van der Waals surface area (Å²) in [6.07, 6.45) is -4.08. The number of rotatable bonds is 5. The molecule has 0 unspecified atom stereocenters. The standard InChI is InChI=1S/C16H16F3N3O2/c1-10(15(23)21-9-12-7-8-20-11(2)22-12)24-14-6-4-3-5-13(14)16(17,18)19/h3-8,10H,9H2,1-2H3,(H,21,23)/t10-/m1/s1. The van der Waals surface area contributed by atoms with E-state index in [-0.39, 0.29) is 12.3 Å². The number of ether oxygens (including phenoxy) is 1. The summed E-state index contributed by atoms with van der Waals surface area (Å²) in [6, 6.07) is 6.40. The number of hydrogen-bond acceptors (Lipinski definition) is 4. The first-order chi connectivity index (χ1) is 11.3. The van der Waals surface area contributed by atoms with Gasteiger partial charge in [-0.1, -0.05) is 12.1 Å². The summed E-state index contributed by atoms with van der Waals surface area (Å²) in [5.74, 6) is -0.362. The summed E-state index contributed by atoms with van der Waals surface area (Å²) in [5.41, 5.74) is -0.324. The van der Waals surface area contributed by atoms with Crippen LogP contribution < -0.4 is 10.1 Å². The molecule has 1 aromatic carbocycles. The van der Waals surface area contributed by atoms with Gasteiger partial charge >= 0.3 is 6.18 Å². The average molecular weight is 339 g/mol. The molecule has 5 nitrogen and oxygen atoms in total. The van der Waals surface area contributed by atoms with Crippen molar-refractivity contribution in [2.45, 2.75) is 32.7 Å². The molecule has 0 radical (unpaired) electrons. The van der Waals surface area contributed by atoms with Crippen molar-refractivity contribution in [3.05, 3.63) is 53.6 Å². The van der Waals surface area contributed by atoms with Crippen LogP contribution in [0.1, 0.15) is 24.0 Å². The van der Waals surface area contributed by atoms with E-state index >= 15 is 0 Å². The molecule has 1 amide bonds. The quantitative estimate of drug-likeness (QED) is 0.910. The highest BCUT2D eigenvalue weighted by Crippen LogP contribution is 2.36. The number of amides is 1. The lowest BCUT2D eigenvalue weighted by Gasteiger charge is -2.18. The van der Waals surface area contributed by atoms with E-state index in [1.54, 1.807) is 19.2 Å². The summed E-state index contributed by atoms with van der Waals surface area (Å²) in [4.78, 5) is 20.1. The Hall–Kier alpha value is -2.64. The summed E-state index contributed by atoms with van der Waals surface area (Å²) < 4.78 is 43.9. The van der Waals surface area contributed by atoms with Gasteiger partial charge < -0.3 is 10.1 Å². The molecule has 1 aromatic heterocycles. The van der Waals surface area contributed by atoms with Gasteiger partial charge in [0.05, 0.1) is 17.8 Å². The normalized spacial score (nSPS) is 12.5. The maximum Gasteiger partial charge on any atom is 0.419 e. The van der Waals surface area contributed by atoms with Crippen LogP contribution in [0.4, 0.5) is 13.2 Å². The highest BCUT2D eigenvalue weighted by Gasteiger charge is 2.34. The van der Waals surface area contributed by atoms with E-state index < -0.39 is 23.8 Å². The summed E-state index contributed by atoms with van der Waals surface area (Å²) in [6.45, 7) is 3.23. The predicted octanol–water partition coefficient (Wildman–Crippen LogP) is 2.89. The number of hydrogen-bond donors (Lipinski definition) is 1. The number of para-hydroxylation sites is 1. The Morgan fingerprint density at radius 2 is 2.00 bits per heavy atom. The molecular formula is C16H16F3N3O2. The Kier molecular flexibility index (Phi) is 5.38. The van der Waals surface area contributed by atoms with Gasteiger partial charge in [0, 0.05) is 6.20 Å². The third-order valence-electron chi connectivity index (χ3n) is 3.14. The van der Waals surface area contributed by atoms with Crippen molar-refractivity contribution in [3.8, 4) is 5.75 Å². The third-order valence-corrected chi connectivity index (χ3v) is 3.14. The molecule has 0 saturated carbocycles. The monoisotopic (exact) mass is 339 g/mol. The van der Waals surface area contributed by atoms with Gasteiger partial charge in [0.25, 0.3) is 5.91 Å². The van der Waals surface area contributed by atoms with Crippen molar-refractivity contribution in [2.75, 3.05) is 0 Å². The number of aryl methyl sites for hydroxylation is 1. The molecule has 0 fully saturated rings. The highest BCUT2D eigenvalue weighted by atomic mass is 19.4. The van der Waals surface area contributed by atoms with Gasteiger partial charge in [0.15, 0.2) is 6.10 Å². The second-order valence-electron chi connectivity index (χ2n) is 5.07. The van der Waals surface area contributed by atoms with Crippen LogP contribution in [-0.2, 0) is 17.5 Å². The van der Waals surface area contributed by atoms with E-state index in [0.29, 0.717) is 11.5 Å². The van der Waals surface area contributed by atoms with Gasteiger partial charge in [-0.2, -0.15) is 13.2 Å². The van der Waals surface area contributed by atoms with Gasteiger partial charge in [-0.3, -0.25) is 4.79 Å². The van der Waals surface area contributed by atoms with Crippen molar-refractivity contribution in [1.82, 2.24) is 15.3 Å². The zero-order valence-electron chi connectivity index (χ0n) is 13.1. The zero-order chi connectivity index (χ0) is 17.7. The molecule has 0 bridgehead atoms. The molecule has 2 aromatic rings.